The van der Waals surface area contributed by atoms with Crippen LogP contribution in [0.2, 0.25) is 5.02 Å². The molecule has 1 aromatic heterocycles. The molecule has 2 heterocycles. The molecule has 1 aliphatic rings. The van der Waals surface area contributed by atoms with E-state index < -0.39 is 0 Å². The molecule has 1 N–H and O–H groups in total. The van der Waals surface area contributed by atoms with Gasteiger partial charge in [0.15, 0.2) is 0 Å². The van der Waals surface area contributed by atoms with E-state index in [1.165, 1.54) is 0 Å². The molecule has 0 spiro atoms. The van der Waals surface area contributed by atoms with Gasteiger partial charge in [-0.25, -0.2) is 0 Å². The van der Waals surface area contributed by atoms with Crippen molar-refractivity contribution < 1.29 is 4.79 Å². The zero-order chi connectivity index (χ0) is 11.5. The number of pyridine rings is 1. The van der Waals surface area contributed by atoms with Crippen LogP contribution < -0.4 is 5.32 Å². The van der Waals surface area contributed by atoms with E-state index in [0.717, 1.165) is 31.9 Å². The molecule has 0 aromatic carbocycles. The van der Waals surface area contributed by atoms with Crippen molar-refractivity contribution in [3.05, 3.63) is 28.5 Å². The molecule has 1 saturated heterocycles. The molecular weight excluding hydrogens is 226 g/mol. The summed E-state index contributed by atoms with van der Waals surface area (Å²) in [5.74, 6) is 0.0101. The number of nitrogens with one attached hydrogen (secondary N) is 1. The number of carbonyl (C=O) groups excluding carboxylic acids is 1. The zero-order valence-corrected chi connectivity index (χ0v) is 9.92. The normalized spacial score (nSPS) is 16.2. The van der Waals surface area contributed by atoms with Crippen molar-refractivity contribution in [1.82, 2.24) is 15.2 Å². The summed E-state index contributed by atoms with van der Waals surface area (Å²) in [5.41, 5.74) is 1.32. The molecule has 16 heavy (non-hydrogen) atoms. The second-order valence-electron chi connectivity index (χ2n) is 3.83. The van der Waals surface area contributed by atoms with Crippen LogP contribution in [-0.4, -0.2) is 42.0 Å². The van der Waals surface area contributed by atoms with Crippen molar-refractivity contribution in [3.8, 4) is 0 Å². The first-order valence-electron chi connectivity index (χ1n) is 5.30. The Hall–Kier alpha value is -1.13. The van der Waals surface area contributed by atoms with E-state index in [4.69, 9.17) is 11.6 Å². The highest BCUT2D eigenvalue weighted by molar-refractivity contribution is 6.31. The van der Waals surface area contributed by atoms with Crippen LogP contribution in [0.25, 0.3) is 0 Å². The second-order valence-corrected chi connectivity index (χ2v) is 4.24. The van der Waals surface area contributed by atoms with Gasteiger partial charge in [-0.2, -0.15) is 0 Å². The average Bonchev–Trinajstić information content (AvgIpc) is 2.33. The molecule has 0 aliphatic carbocycles. The van der Waals surface area contributed by atoms with Crippen LogP contribution >= 0.6 is 11.6 Å². The summed E-state index contributed by atoms with van der Waals surface area (Å²) in [6, 6.07) is 1.69. The van der Waals surface area contributed by atoms with Gasteiger partial charge in [-0.1, -0.05) is 11.6 Å². The van der Waals surface area contributed by atoms with E-state index in [9.17, 15) is 4.79 Å². The molecule has 1 aliphatic heterocycles. The number of hydrogen-bond donors (Lipinski definition) is 1. The number of halogens is 1. The number of piperazine rings is 1. The zero-order valence-electron chi connectivity index (χ0n) is 9.16. The van der Waals surface area contributed by atoms with Crippen LogP contribution in [0.5, 0.6) is 0 Å². The van der Waals surface area contributed by atoms with E-state index in [-0.39, 0.29) is 5.91 Å². The first-order valence-corrected chi connectivity index (χ1v) is 5.68. The number of amides is 1. The van der Waals surface area contributed by atoms with Crippen LogP contribution in [0.4, 0.5) is 0 Å². The second kappa shape index (κ2) is 4.80. The summed E-state index contributed by atoms with van der Waals surface area (Å²) in [5, 5.41) is 3.75. The Morgan fingerprint density at radius 2 is 2.19 bits per heavy atom. The fourth-order valence-electron chi connectivity index (χ4n) is 1.67. The Balaban J connectivity index is 2.16. The van der Waals surface area contributed by atoms with Crippen LogP contribution in [0.3, 0.4) is 0 Å². The molecule has 2 rings (SSSR count). The summed E-state index contributed by atoms with van der Waals surface area (Å²) in [6.07, 6.45) is 1.59. The number of rotatable bonds is 1. The van der Waals surface area contributed by atoms with E-state index in [1.807, 2.05) is 11.8 Å². The van der Waals surface area contributed by atoms with Crippen LogP contribution in [0.15, 0.2) is 12.3 Å². The highest BCUT2D eigenvalue weighted by atomic mass is 35.5. The maximum atomic E-state index is 12.1. The van der Waals surface area contributed by atoms with Crippen LogP contribution in [-0.2, 0) is 0 Å². The van der Waals surface area contributed by atoms with Crippen molar-refractivity contribution in [2.45, 2.75) is 6.92 Å². The van der Waals surface area contributed by atoms with Crippen molar-refractivity contribution in [3.63, 3.8) is 0 Å². The summed E-state index contributed by atoms with van der Waals surface area (Å²) >= 11 is 5.95. The lowest BCUT2D eigenvalue weighted by molar-refractivity contribution is 0.0735. The van der Waals surface area contributed by atoms with Gasteiger partial charge in [0.05, 0.1) is 16.3 Å². The SMILES string of the molecule is Cc1ncc(C(=O)N2CCNCC2)cc1Cl. The lowest BCUT2D eigenvalue weighted by atomic mass is 10.2. The Labute approximate surface area is 99.6 Å². The quantitative estimate of drug-likeness (QED) is 0.798. The predicted octanol–water partition coefficient (Wildman–Crippen LogP) is 1.09. The number of nitrogens with zero attached hydrogens (tertiary/aromatic N) is 2. The Morgan fingerprint density at radius 1 is 1.50 bits per heavy atom. The number of carbonyl (C=O) groups is 1. The Kier molecular flexibility index (Phi) is 3.41. The van der Waals surface area contributed by atoms with Crippen molar-refractivity contribution >= 4 is 17.5 Å². The first kappa shape index (κ1) is 11.4. The average molecular weight is 240 g/mol. The largest absolute Gasteiger partial charge is 0.336 e. The summed E-state index contributed by atoms with van der Waals surface area (Å²) in [6.45, 7) is 4.99. The number of aryl methyl sites for hydroxylation is 1. The minimum atomic E-state index is 0.0101. The van der Waals surface area contributed by atoms with E-state index in [2.05, 4.69) is 10.3 Å². The van der Waals surface area contributed by atoms with Gasteiger partial charge in [0.1, 0.15) is 0 Å². The topological polar surface area (TPSA) is 45.2 Å². The van der Waals surface area contributed by atoms with E-state index in [0.29, 0.717) is 10.6 Å². The van der Waals surface area contributed by atoms with Gasteiger partial charge in [-0.05, 0) is 13.0 Å². The molecule has 86 valence electrons. The van der Waals surface area contributed by atoms with Crippen LogP contribution in [0.1, 0.15) is 16.1 Å². The highest BCUT2D eigenvalue weighted by Gasteiger charge is 2.18. The number of hydrogen-bond acceptors (Lipinski definition) is 3. The molecular formula is C11H14ClN3O. The minimum Gasteiger partial charge on any atom is -0.336 e. The van der Waals surface area contributed by atoms with Crippen LogP contribution in [0, 0.1) is 6.92 Å². The first-order chi connectivity index (χ1) is 7.68. The van der Waals surface area contributed by atoms with Crippen molar-refractivity contribution in [2.75, 3.05) is 26.2 Å². The third-order valence-corrected chi connectivity index (χ3v) is 3.06. The lowest BCUT2D eigenvalue weighted by Crippen LogP contribution is -2.46. The number of aromatic nitrogens is 1. The summed E-state index contributed by atoms with van der Waals surface area (Å²) in [7, 11) is 0. The molecule has 5 heteroatoms. The molecule has 1 amide bonds. The van der Waals surface area contributed by atoms with Gasteiger partial charge < -0.3 is 10.2 Å². The molecule has 0 atom stereocenters. The standard InChI is InChI=1S/C11H14ClN3O/c1-8-10(12)6-9(7-14-8)11(16)15-4-2-13-3-5-15/h6-7,13H,2-5H2,1H3. The maximum absolute atomic E-state index is 12.1. The third kappa shape index (κ3) is 2.33. The molecule has 0 unspecified atom stereocenters. The Bertz CT molecular complexity index is 402. The third-order valence-electron chi connectivity index (χ3n) is 2.68. The van der Waals surface area contributed by atoms with E-state index in [1.54, 1.807) is 12.3 Å². The summed E-state index contributed by atoms with van der Waals surface area (Å²) in [4.78, 5) is 18.0. The monoisotopic (exact) mass is 239 g/mol. The Morgan fingerprint density at radius 3 is 2.81 bits per heavy atom. The van der Waals surface area contributed by atoms with Gasteiger partial charge in [0.2, 0.25) is 0 Å². The van der Waals surface area contributed by atoms with Gasteiger partial charge in [0, 0.05) is 32.4 Å². The van der Waals surface area contributed by atoms with Gasteiger partial charge >= 0.3 is 0 Å². The highest BCUT2D eigenvalue weighted by Crippen LogP contribution is 2.15. The smallest absolute Gasteiger partial charge is 0.255 e. The van der Waals surface area contributed by atoms with Crippen molar-refractivity contribution in [1.29, 1.82) is 0 Å². The molecule has 0 radical (unpaired) electrons. The fraction of sp³-hybridized carbons (Fsp3) is 0.455. The maximum Gasteiger partial charge on any atom is 0.255 e. The summed E-state index contributed by atoms with van der Waals surface area (Å²) < 4.78 is 0. The molecule has 1 fully saturated rings. The fourth-order valence-corrected chi connectivity index (χ4v) is 1.84. The van der Waals surface area contributed by atoms with Gasteiger partial charge in [-0.3, -0.25) is 9.78 Å². The van der Waals surface area contributed by atoms with Gasteiger partial charge in [-0.15, -0.1) is 0 Å². The molecule has 1 aromatic rings. The van der Waals surface area contributed by atoms with Crippen molar-refractivity contribution in [2.24, 2.45) is 0 Å². The van der Waals surface area contributed by atoms with Gasteiger partial charge in [0.25, 0.3) is 5.91 Å². The minimum absolute atomic E-state index is 0.0101. The lowest BCUT2D eigenvalue weighted by Gasteiger charge is -2.27. The molecule has 0 saturated carbocycles. The molecule has 4 nitrogen and oxygen atoms in total. The molecule has 0 bridgehead atoms. The predicted molar refractivity (Wildman–Crippen MR) is 62.8 cm³/mol. The van der Waals surface area contributed by atoms with E-state index >= 15 is 0 Å².